The van der Waals surface area contributed by atoms with Crippen molar-refractivity contribution in [2.45, 2.75) is 52.5 Å². The molecule has 0 bridgehead atoms. The molecule has 0 saturated heterocycles. The SMILES string of the molecule is CC(C)Cc1nc(C2=CCNCC2)c2n1CCCC2. The molecule has 0 atom stereocenters. The average Bonchev–Trinajstić information content (AvgIpc) is 2.78. The normalized spacial score (nSPS) is 19.4. The molecule has 0 spiro atoms. The number of fused-ring (bicyclic) bond motifs is 1. The summed E-state index contributed by atoms with van der Waals surface area (Å²) in [5.41, 5.74) is 4.30. The van der Waals surface area contributed by atoms with Crippen LogP contribution in [0.15, 0.2) is 6.08 Å². The standard InChI is InChI=1S/C16H25N3/c1-12(2)11-15-18-16(13-6-8-17-9-7-13)14-5-3-4-10-19(14)15/h6,12,17H,3-5,7-11H2,1-2H3. The van der Waals surface area contributed by atoms with E-state index < -0.39 is 0 Å². The molecule has 1 aromatic rings. The smallest absolute Gasteiger partial charge is 0.109 e. The van der Waals surface area contributed by atoms with Crippen molar-refractivity contribution in [2.24, 2.45) is 5.92 Å². The minimum absolute atomic E-state index is 0.684. The Labute approximate surface area is 116 Å². The van der Waals surface area contributed by atoms with E-state index in [1.54, 1.807) is 0 Å². The van der Waals surface area contributed by atoms with E-state index in [2.05, 4.69) is 29.8 Å². The first-order valence-electron chi connectivity index (χ1n) is 7.74. The second-order valence-electron chi connectivity index (χ2n) is 6.21. The van der Waals surface area contributed by atoms with Gasteiger partial charge in [-0.15, -0.1) is 0 Å². The van der Waals surface area contributed by atoms with Gasteiger partial charge in [-0.1, -0.05) is 19.9 Å². The zero-order valence-corrected chi connectivity index (χ0v) is 12.2. The molecule has 2 aliphatic rings. The van der Waals surface area contributed by atoms with Crippen LogP contribution in [0.1, 0.15) is 50.3 Å². The van der Waals surface area contributed by atoms with Gasteiger partial charge >= 0.3 is 0 Å². The number of nitrogens with zero attached hydrogens (tertiary/aromatic N) is 2. The van der Waals surface area contributed by atoms with Gasteiger partial charge in [-0.05, 0) is 43.7 Å². The Morgan fingerprint density at radius 1 is 1.32 bits per heavy atom. The van der Waals surface area contributed by atoms with E-state index in [4.69, 9.17) is 4.98 Å². The molecule has 1 aromatic heterocycles. The molecule has 3 heterocycles. The summed E-state index contributed by atoms with van der Waals surface area (Å²) in [5.74, 6) is 2.00. The maximum atomic E-state index is 5.02. The van der Waals surface area contributed by atoms with Crippen molar-refractivity contribution in [3.05, 3.63) is 23.3 Å². The van der Waals surface area contributed by atoms with E-state index >= 15 is 0 Å². The van der Waals surface area contributed by atoms with Crippen LogP contribution in [-0.4, -0.2) is 22.6 Å². The lowest BCUT2D eigenvalue weighted by Crippen LogP contribution is -2.21. The highest BCUT2D eigenvalue weighted by atomic mass is 15.1. The molecule has 3 nitrogen and oxygen atoms in total. The number of hydrogen-bond donors (Lipinski definition) is 1. The molecule has 0 aliphatic carbocycles. The molecule has 0 aromatic carbocycles. The van der Waals surface area contributed by atoms with Gasteiger partial charge in [0.05, 0.1) is 5.69 Å². The van der Waals surface area contributed by atoms with Gasteiger partial charge in [0.2, 0.25) is 0 Å². The maximum Gasteiger partial charge on any atom is 0.109 e. The number of nitrogens with one attached hydrogen (secondary N) is 1. The summed E-state index contributed by atoms with van der Waals surface area (Å²) in [6.07, 6.45) is 8.43. The molecular weight excluding hydrogens is 234 g/mol. The molecule has 2 aliphatic heterocycles. The Morgan fingerprint density at radius 3 is 2.95 bits per heavy atom. The lowest BCUT2D eigenvalue weighted by Gasteiger charge is -2.19. The topological polar surface area (TPSA) is 29.9 Å². The van der Waals surface area contributed by atoms with Crippen molar-refractivity contribution < 1.29 is 0 Å². The van der Waals surface area contributed by atoms with Crippen LogP contribution in [-0.2, 0) is 19.4 Å². The van der Waals surface area contributed by atoms with E-state index in [-0.39, 0.29) is 0 Å². The van der Waals surface area contributed by atoms with Crippen LogP contribution in [0.4, 0.5) is 0 Å². The minimum Gasteiger partial charge on any atom is -0.331 e. The van der Waals surface area contributed by atoms with Gasteiger partial charge in [-0.3, -0.25) is 0 Å². The molecule has 0 fully saturated rings. The first kappa shape index (κ1) is 12.9. The third-order valence-corrected chi connectivity index (χ3v) is 4.16. The average molecular weight is 259 g/mol. The maximum absolute atomic E-state index is 5.02. The van der Waals surface area contributed by atoms with Crippen LogP contribution in [0.5, 0.6) is 0 Å². The first-order chi connectivity index (χ1) is 9.25. The highest BCUT2D eigenvalue weighted by Gasteiger charge is 2.22. The van der Waals surface area contributed by atoms with Gasteiger partial charge in [-0.25, -0.2) is 4.98 Å². The van der Waals surface area contributed by atoms with Crippen molar-refractivity contribution in [2.75, 3.05) is 13.1 Å². The van der Waals surface area contributed by atoms with E-state index in [0.717, 1.165) is 25.9 Å². The summed E-state index contributed by atoms with van der Waals surface area (Å²) < 4.78 is 2.52. The van der Waals surface area contributed by atoms with Crippen LogP contribution in [0.3, 0.4) is 0 Å². The van der Waals surface area contributed by atoms with Gasteiger partial charge in [0, 0.05) is 25.2 Å². The largest absolute Gasteiger partial charge is 0.331 e. The minimum atomic E-state index is 0.684. The molecule has 19 heavy (non-hydrogen) atoms. The van der Waals surface area contributed by atoms with Gasteiger partial charge < -0.3 is 9.88 Å². The van der Waals surface area contributed by atoms with Crippen LogP contribution >= 0.6 is 0 Å². The number of aromatic nitrogens is 2. The molecule has 0 unspecified atom stereocenters. The summed E-state index contributed by atoms with van der Waals surface area (Å²) in [7, 11) is 0. The summed E-state index contributed by atoms with van der Waals surface area (Å²) in [5, 5.41) is 3.39. The van der Waals surface area contributed by atoms with E-state index in [9.17, 15) is 0 Å². The predicted molar refractivity (Wildman–Crippen MR) is 79.2 cm³/mol. The Balaban J connectivity index is 1.99. The third kappa shape index (κ3) is 2.62. The van der Waals surface area contributed by atoms with Crippen LogP contribution in [0.25, 0.3) is 5.57 Å². The molecule has 3 heteroatoms. The quantitative estimate of drug-likeness (QED) is 0.904. The van der Waals surface area contributed by atoms with E-state index in [0.29, 0.717) is 5.92 Å². The second-order valence-corrected chi connectivity index (χ2v) is 6.21. The molecular formula is C16H25N3. The summed E-state index contributed by atoms with van der Waals surface area (Å²) in [6.45, 7) is 7.84. The summed E-state index contributed by atoms with van der Waals surface area (Å²) in [4.78, 5) is 5.02. The zero-order chi connectivity index (χ0) is 13.2. The number of rotatable bonds is 3. The fourth-order valence-corrected chi connectivity index (χ4v) is 3.23. The molecule has 3 rings (SSSR count). The Hall–Kier alpha value is -1.09. The van der Waals surface area contributed by atoms with E-state index in [1.807, 2.05) is 0 Å². The van der Waals surface area contributed by atoms with Crippen molar-refractivity contribution in [3.8, 4) is 0 Å². The molecule has 0 amide bonds. The number of imidazole rings is 1. The van der Waals surface area contributed by atoms with Crippen LogP contribution in [0.2, 0.25) is 0 Å². The monoisotopic (exact) mass is 259 g/mol. The summed E-state index contributed by atoms with van der Waals surface area (Å²) in [6, 6.07) is 0. The number of hydrogen-bond acceptors (Lipinski definition) is 2. The van der Waals surface area contributed by atoms with Crippen molar-refractivity contribution in [3.63, 3.8) is 0 Å². The highest BCUT2D eigenvalue weighted by Crippen LogP contribution is 2.29. The van der Waals surface area contributed by atoms with Gasteiger partial charge in [-0.2, -0.15) is 0 Å². The lowest BCUT2D eigenvalue weighted by atomic mass is 10.0. The Morgan fingerprint density at radius 2 is 2.21 bits per heavy atom. The van der Waals surface area contributed by atoms with Gasteiger partial charge in [0.25, 0.3) is 0 Å². The third-order valence-electron chi connectivity index (χ3n) is 4.16. The lowest BCUT2D eigenvalue weighted by molar-refractivity contribution is 0.495. The summed E-state index contributed by atoms with van der Waals surface area (Å²) >= 11 is 0. The molecule has 104 valence electrons. The van der Waals surface area contributed by atoms with Crippen LogP contribution in [0, 0.1) is 5.92 Å². The fourth-order valence-electron chi connectivity index (χ4n) is 3.23. The Bertz CT molecular complexity index is 482. The highest BCUT2D eigenvalue weighted by molar-refractivity contribution is 5.66. The molecule has 0 radical (unpaired) electrons. The predicted octanol–water partition coefficient (Wildman–Crippen LogP) is 2.79. The second kappa shape index (κ2) is 5.49. The van der Waals surface area contributed by atoms with Crippen molar-refractivity contribution in [1.29, 1.82) is 0 Å². The van der Waals surface area contributed by atoms with E-state index in [1.165, 1.54) is 48.6 Å². The van der Waals surface area contributed by atoms with Crippen molar-refractivity contribution >= 4 is 5.57 Å². The first-order valence-corrected chi connectivity index (χ1v) is 7.74. The zero-order valence-electron chi connectivity index (χ0n) is 12.2. The molecule has 0 saturated carbocycles. The Kier molecular flexibility index (Phi) is 3.74. The van der Waals surface area contributed by atoms with Crippen LogP contribution < -0.4 is 5.32 Å². The van der Waals surface area contributed by atoms with Gasteiger partial charge in [0.1, 0.15) is 5.82 Å². The molecule has 1 N–H and O–H groups in total. The fraction of sp³-hybridized carbons (Fsp3) is 0.688. The van der Waals surface area contributed by atoms with Crippen molar-refractivity contribution in [1.82, 2.24) is 14.9 Å². The van der Waals surface area contributed by atoms with Gasteiger partial charge in [0.15, 0.2) is 0 Å².